The predicted molar refractivity (Wildman–Crippen MR) is 86.5 cm³/mol. The zero-order chi connectivity index (χ0) is 16.1. The molecule has 1 saturated heterocycles. The van der Waals surface area contributed by atoms with Gasteiger partial charge in [0, 0.05) is 12.2 Å². The lowest BCUT2D eigenvalue weighted by Crippen LogP contribution is -2.43. The van der Waals surface area contributed by atoms with Gasteiger partial charge in [0.1, 0.15) is 6.04 Å². The molecule has 1 atom stereocenters. The largest absolute Gasteiger partial charge is 0.310 e. The predicted octanol–water partition coefficient (Wildman–Crippen LogP) is 1.80. The fraction of sp³-hybridized carbons (Fsp3) is 0.562. The van der Waals surface area contributed by atoms with Crippen molar-refractivity contribution in [3.8, 4) is 0 Å². The molecule has 1 aliphatic carbocycles. The van der Waals surface area contributed by atoms with E-state index in [0.29, 0.717) is 25.8 Å². The molecular formula is C16H22N2O3S. The fourth-order valence-corrected chi connectivity index (χ4v) is 4.85. The summed E-state index contributed by atoms with van der Waals surface area (Å²) in [6.45, 7) is 6.57. The molecule has 0 bridgehead atoms. The van der Waals surface area contributed by atoms with Gasteiger partial charge in [-0.2, -0.15) is 0 Å². The van der Waals surface area contributed by atoms with Crippen LogP contribution in [0.15, 0.2) is 12.1 Å². The molecule has 120 valence electrons. The van der Waals surface area contributed by atoms with E-state index in [1.807, 2.05) is 20.8 Å². The number of benzene rings is 1. The highest BCUT2D eigenvalue weighted by molar-refractivity contribution is 7.90. The first kappa shape index (κ1) is 15.5. The summed E-state index contributed by atoms with van der Waals surface area (Å²) in [6, 6.07) is 3.49. The monoisotopic (exact) mass is 322 g/mol. The van der Waals surface area contributed by atoms with Gasteiger partial charge in [0.15, 0.2) is 0 Å². The second-order valence-corrected chi connectivity index (χ2v) is 8.43. The minimum absolute atomic E-state index is 0.140. The third-order valence-electron chi connectivity index (χ3n) is 4.38. The molecule has 1 amide bonds. The van der Waals surface area contributed by atoms with Gasteiger partial charge in [0.25, 0.3) is 0 Å². The Bertz CT molecular complexity index is 700. The molecule has 1 N–H and O–H groups in total. The topological polar surface area (TPSA) is 66.5 Å². The van der Waals surface area contributed by atoms with Gasteiger partial charge in [0.05, 0.1) is 5.25 Å². The van der Waals surface area contributed by atoms with Crippen LogP contribution in [0.2, 0.25) is 0 Å². The average molecular weight is 322 g/mol. The highest BCUT2D eigenvalue weighted by Crippen LogP contribution is 2.32. The van der Waals surface area contributed by atoms with E-state index in [2.05, 4.69) is 16.9 Å². The quantitative estimate of drug-likeness (QED) is 0.919. The van der Waals surface area contributed by atoms with Crippen molar-refractivity contribution in [3.63, 3.8) is 0 Å². The number of carbonyl (C=O) groups excluding carboxylic acids is 1. The Morgan fingerprint density at radius 2 is 1.68 bits per heavy atom. The molecule has 1 saturated carbocycles. The summed E-state index contributed by atoms with van der Waals surface area (Å²) in [5.41, 5.74) is 4.19. The number of carbonyl (C=O) groups is 1. The Hall–Kier alpha value is -1.40. The summed E-state index contributed by atoms with van der Waals surface area (Å²) in [5, 5.41) is -0.294. The molecule has 1 aliphatic heterocycles. The van der Waals surface area contributed by atoms with Crippen LogP contribution in [0.1, 0.15) is 36.0 Å². The molecule has 2 aliphatic rings. The maximum absolute atomic E-state index is 12.6. The van der Waals surface area contributed by atoms with Gasteiger partial charge < -0.3 is 4.90 Å². The molecule has 3 rings (SSSR count). The molecule has 6 heteroatoms. The van der Waals surface area contributed by atoms with Gasteiger partial charge in [-0.3, -0.25) is 4.79 Å². The smallest absolute Gasteiger partial charge is 0.245 e. The Kier molecular flexibility index (Phi) is 3.77. The average Bonchev–Trinajstić information content (AvgIpc) is 3.19. The van der Waals surface area contributed by atoms with Crippen LogP contribution < -0.4 is 9.62 Å². The van der Waals surface area contributed by atoms with Gasteiger partial charge >= 0.3 is 0 Å². The summed E-state index contributed by atoms with van der Waals surface area (Å²) < 4.78 is 26.7. The van der Waals surface area contributed by atoms with E-state index in [4.69, 9.17) is 0 Å². The summed E-state index contributed by atoms with van der Waals surface area (Å²) in [5.74, 6) is -0.140. The van der Waals surface area contributed by atoms with Crippen LogP contribution in [0.5, 0.6) is 0 Å². The Balaban J connectivity index is 1.82. The lowest BCUT2D eigenvalue weighted by molar-refractivity contribution is -0.118. The molecule has 22 heavy (non-hydrogen) atoms. The first-order valence-electron chi connectivity index (χ1n) is 7.70. The normalized spacial score (nSPS) is 22.4. The molecule has 0 unspecified atom stereocenters. The zero-order valence-electron chi connectivity index (χ0n) is 13.2. The van der Waals surface area contributed by atoms with Crippen molar-refractivity contribution in [3.05, 3.63) is 28.8 Å². The van der Waals surface area contributed by atoms with Crippen molar-refractivity contribution in [1.82, 2.24) is 4.72 Å². The number of anilines is 1. The van der Waals surface area contributed by atoms with E-state index < -0.39 is 16.1 Å². The summed E-state index contributed by atoms with van der Waals surface area (Å²) in [7, 11) is -3.33. The maximum atomic E-state index is 12.6. The highest BCUT2D eigenvalue weighted by Gasteiger charge is 2.41. The van der Waals surface area contributed by atoms with Gasteiger partial charge in [-0.1, -0.05) is 17.7 Å². The molecule has 1 aromatic rings. The van der Waals surface area contributed by atoms with Crippen LogP contribution in [0.25, 0.3) is 0 Å². The summed E-state index contributed by atoms with van der Waals surface area (Å²) in [6.07, 6.45) is 1.93. The number of hydrogen-bond donors (Lipinski definition) is 1. The van der Waals surface area contributed by atoms with Crippen LogP contribution in [-0.2, 0) is 14.8 Å². The second kappa shape index (κ2) is 5.35. The molecular weight excluding hydrogens is 300 g/mol. The van der Waals surface area contributed by atoms with Crippen molar-refractivity contribution < 1.29 is 13.2 Å². The molecule has 0 spiro atoms. The number of aryl methyl sites for hydroxylation is 3. The Morgan fingerprint density at radius 3 is 2.23 bits per heavy atom. The van der Waals surface area contributed by atoms with Crippen LogP contribution in [-0.4, -0.2) is 32.2 Å². The van der Waals surface area contributed by atoms with Gasteiger partial charge in [-0.15, -0.1) is 0 Å². The Labute approximate surface area is 131 Å². The number of nitrogens with one attached hydrogen (secondary N) is 1. The SMILES string of the molecule is Cc1cc(C)c(N2CC[C@H](NS(=O)(=O)C3CC3)C2=O)c(C)c1. The number of rotatable bonds is 4. The third kappa shape index (κ3) is 2.77. The van der Waals surface area contributed by atoms with E-state index in [-0.39, 0.29) is 11.2 Å². The minimum Gasteiger partial charge on any atom is -0.310 e. The van der Waals surface area contributed by atoms with Crippen LogP contribution >= 0.6 is 0 Å². The van der Waals surface area contributed by atoms with E-state index in [0.717, 1.165) is 22.4 Å². The number of hydrogen-bond acceptors (Lipinski definition) is 3. The van der Waals surface area contributed by atoms with Crippen LogP contribution in [0.4, 0.5) is 5.69 Å². The molecule has 5 nitrogen and oxygen atoms in total. The number of amides is 1. The number of nitrogens with zero attached hydrogens (tertiary/aromatic N) is 1. The van der Waals surface area contributed by atoms with Crippen molar-refractivity contribution in [1.29, 1.82) is 0 Å². The van der Waals surface area contributed by atoms with Gasteiger partial charge in [-0.05, 0) is 51.2 Å². The maximum Gasteiger partial charge on any atom is 0.245 e. The fourth-order valence-electron chi connectivity index (χ4n) is 3.28. The lowest BCUT2D eigenvalue weighted by Gasteiger charge is -2.22. The van der Waals surface area contributed by atoms with Gasteiger partial charge in [-0.25, -0.2) is 13.1 Å². The van der Waals surface area contributed by atoms with E-state index in [1.165, 1.54) is 0 Å². The van der Waals surface area contributed by atoms with E-state index in [9.17, 15) is 13.2 Å². The van der Waals surface area contributed by atoms with Crippen molar-refractivity contribution in [2.24, 2.45) is 0 Å². The molecule has 1 aromatic carbocycles. The summed E-state index contributed by atoms with van der Waals surface area (Å²) >= 11 is 0. The highest BCUT2D eigenvalue weighted by atomic mass is 32.2. The Morgan fingerprint density at radius 1 is 1.09 bits per heavy atom. The minimum atomic E-state index is -3.33. The van der Waals surface area contributed by atoms with Gasteiger partial charge in [0.2, 0.25) is 15.9 Å². The van der Waals surface area contributed by atoms with E-state index >= 15 is 0 Å². The first-order chi connectivity index (χ1) is 10.3. The lowest BCUT2D eigenvalue weighted by atomic mass is 10.0. The van der Waals surface area contributed by atoms with Crippen molar-refractivity contribution >= 4 is 21.6 Å². The van der Waals surface area contributed by atoms with Crippen molar-refractivity contribution in [2.45, 2.75) is 51.3 Å². The van der Waals surface area contributed by atoms with E-state index in [1.54, 1.807) is 4.90 Å². The molecule has 0 radical (unpaired) electrons. The summed E-state index contributed by atoms with van der Waals surface area (Å²) in [4.78, 5) is 14.3. The zero-order valence-corrected chi connectivity index (χ0v) is 14.0. The van der Waals surface area contributed by atoms with Crippen molar-refractivity contribution in [2.75, 3.05) is 11.4 Å². The molecule has 2 fully saturated rings. The number of sulfonamides is 1. The first-order valence-corrected chi connectivity index (χ1v) is 9.24. The van der Waals surface area contributed by atoms with Crippen LogP contribution in [0.3, 0.4) is 0 Å². The second-order valence-electron chi connectivity index (χ2n) is 6.44. The molecule has 0 aromatic heterocycles. The van der Waals surface area contributed by atoms with Crippen LogP contribution in [0, 0.1) is 20.8 Å². The third-order valence-corrected chi connectivity index (χ3v) is 6.34. The molecule has 1 heterocycles. The standard InChI is InChI=1S/C16H22N2O3S/c1-10-8-11(2)15(12(3)9-10)18-7-6-14(16(18)19)17-22(20,21)13-4-5-13/h8-9,13-14,17H,4-7H2,1-3H3/t14-/m0/s1.